The Morgan fingerprint density at radius 1 is 0.812 bits per heavy atom. The summed E-state index contributed by atoms with van der Waals surface area (Å²) in [6.07, 6.45) is 0.979. The molecule has 0 N–H and O–H groups in total. The van der Waals surface area contributed by atoms with Crippen molar-refractivity contribution in [2.75, 3.05) is 27.8 Å². The topological polar surface area (TPSA) is 64.0 Å². The van der Waals surface area contributed by atoms with E-state index in [0.29, 0.717) is 19.5 Å². The van der Waals surface area contributed by atoms with Crippen LogP contribution in [-0.2, 0) is 22.6 Å². The van der Waals surface area contributed by atoms with Gasteiger partial charge in [-0.1, -0.05) is 66.7 Å². The summed E-state index contributed by atoms with van der Waals surface area (Å²) >= 11 is 0. The van der Waals surface area contributed by atoms with Crippen LogP contribution in [0.3, 0.4) is 0 Å². The molecule has 0 spiro atoms. The predicted molar refractivity (Wildman–Crippen MR) is 170 cm³/mol. The third-order valence-electron chi connectivity index (χ3n) is 8.24. The Hall–Kier alpha value is -5.23. The number of fused-ring (bicyclic) bond motifs is 4. The van der Waals surface area contributed by atoms with Gasteiger partial charge in [0.2, 0.25) is 29.1 Å². The zero-order chi connectivity index (χ0) is 34.5. The van der Waals surface area contributed by atoms with E-state index in [0.717, 1.165) is 30.0 Å². The highest BCUT2D eigenvalue weighted by atomic mass is 19.2. The number of nitrogens with zero attached hydrogens (tertiary/aromatic N) is 3. The van der Waals surface area contributed by atoms with E-state index in [9.17, 15) is 31.5 Å². The van der Waals surface area contributed by atoms with Crippen LogP contribution >= 0.6 is 0 Å². The summed E-state index contributed by atoms with van der Waals surface area (Å²) in [5, 5.41) is 4.46. The van der Waals surface area contributed by atoms with Crippen LogP contribution in [0.2, 0.25) is 0 Å². The van der Waals surface area contributed by atoms with E-state index in [-0.39, 0.29) is 12.5 Å². The van der Waals surface area contributed by atoms with Crippen molar-refractivity contribution in [1.29, 1.82) is 0 Å². The van der Waals surface area contributed by atoms with Crippen molar-refractivity contribution in [3.05, 3.63) is 125 Å². The number of carbonyl (C=O) groups is 2. The molecular weight excluding hydrogens is 633 g/mol. The molecule has 1 aliphatic rings. The first-order chi connectivity index (χ1) is 23.1. The molecule has 0 radical (unpaired) electrons. The number of amides is 1. The highest BCUT2D eigenvalue weighted by Crippen LogP contribution is 2.44. The Labute approximate surface area is 273 Å². The number of rotatable bonds is 9. The SMILES string of the molecule is CN(Cc1cc2ccccc2n1CCC=O)N(C)C(=O)OCC1c2ccccc2-c2ccccc21.COc1c(F)c(F)c(F)c(F)c1F. The largest absolute Gasteiger partial charge is 0.491 e. The van der Waals surface area contributed by atoms with Gasteiger partial charge in [-0.2, -0.15) is 8.78 Å². The molecule has 0 aliphatic heterocycles. The number of hydrogen-bond donors (Lipinski definition) is 0. The van der Waals surface area contributed by atoms with Crippen molar-refractivity contribution in [3.63, 3.8) is 0 Å². The quantitative estimate of drug-likeness (QED) is 0.0528. The monoisotopic (exact) mass is 665 g/mol. The van der Waals surface area contributed by atoms with Crippen LogP contribution in [0.1, 0.15) is 29.2 Å². The fourth-order valence-electron chi connectivity index (χ4n) is 5.78. The number of halogens is 5. The first kappa shape index (κ1) is 34.1. The molecule has 1 aliphatic carbocycles. The fraction of sp³-hybridized carbons (Fsp3) is 0.222. The number of aldehydes is 1. The molecule has 12 heteroatoms. The van der Waals surface area contributed by atoms with Crippen molar-refractivity contribution in [2.24, 2.45) is 0 Å². The lowest BCUT2D eigenvalue weighted by Crippen LogP contribution is -2.41. The summed E-state index contributed by atoms with van der Waals surface area (Å²) in [4.78, 5) is 24.0. The molecule has 1 heterocycles. The molecule has 7 nitrogen and oxygen atoms in total. The minimum atomic E-state index is -2.20. The lowest BCUT2D eigenvalue weighted by atomic mass is 9.98. The lowest BCUT2D eigenvalue weighted by molar-refractivity contribution is -0.108. The molecule has 0 saturated carbocycles. The standard InChI is InChI=1S/C29H29N3O3.C7H3F5O/c1-30(19-22-18-21-10-3-8-15-28(21)32(22)16-9-17-33)31(2)29(34)35-20-27-25-13-6-4-11-23(25)24-12-5-7-14-26(24)27;1-13-7-5(11)3(9)2(8)4(10)6(7)12/h3-8,10-15,17-18,27H,9,16,19-20H2,1-2H3;1H3. The summed E-state index contributed by atoms with van der Waals surface area (Å²) in [6, 6.07) is 26.8. The van der Waals surface area contributed by atoms with Crippen LogP contribution in [0.25, 0.3) is 22.0 Å². The van der Waals surface area contributed by atoms with Gasteiger partial charge < -0.3 is 18.8 Å². The first-order valence-corrected chi connectivity index (χ1v) is 14.9. The van der Waals surface area contributed by atoms with Gasteiger partial charge in [0, 0.05) is 44.2 Å². The van der Waals surface area contributed by atoms with Crippen LogP contribution in [0.5, 0.6) is 5.75 Å². The van der Waals surface area contributed by atoms with Crippen molar-refractivity contribution in [3.8, 4) is 16.9 Å². The molecule has 1 amide bonds. The molecule has 0 bridgehead atoms. The third-order valence-corrected chi connectivity index (χ3v) is 8.24. The van der Waals surface area contributed by atoms with E-state index in [2.05, 4.69) is 51.8 Å². The summed E-state index contributed by atoms with van der Waals surface area (Å²) in [5.41, 5.74) is 6.92. The van der Waals surface area contributed by atoms with E-state index in [1.54, 1.807) is 7.05 Å². The average molecular weight is 666 g/mol. The highest BCUT2D eigenvalue weighted by Gasteiger charge is 2.30. The maximum Gasteiger partial charge on any atom is 0.424 e. The Bertz CT molecular complexity index is 1890. The van der Waals surface area contributed by atoms with Gasteiger partial charge in [0.1, 0.15) is 12.9 Å². The summed E-state index contributed by atoms with van der Waals surface area (Å²) in [6.45, 7) is 1.40. The molecular formula is C36H32F5N3O4. The summed E-state index contributed by atoms with van der Waals surface area (Å²) in [7, 11) is 4.39. The van der Waals surface area contributed by atoms with Gasteiger partial charge in [0.05, 0.1) is 13.7 Å². The van der Waals surface area contributed by atoms with E-state index in [4.69, 9.17) is 4.74 Å². The van der Waals surface area contributed by atoms with Gasteiger partial charge in [0.25, 0.3) is 0 Å². The van der Waals surface area contributed by atoms with E-state index < -0.39 is 40.9 Å². The Morgan fingerprint density at radius 3 is 1.94 bits per heavy atom. The van der Waals surface area contributed by atoms with E-state index >= 15 is 0 Å². The summed E-state index contributed by atoms with van der Waals surface area (Å²) < 4.78 is 74.1. The number of ether oxygens (including phenoxy) is 2. The number of benzene rings is 4. The second kappa shape index (κ2) is 14.7. The molecule has 0 saturated heterocycles. The van der Waals surface area contributed by atoms with Gasteiger partial charge in [-0.25, -0.2) is 28.0 Å². The fourth-order valence-corrected chi connectivity index (χ4v) is 5.78. The second-order valence-corrected chi connectivity index (χ2v) is 11.0. The van der Waals surface area contributed by atoms with Gasteiger partial charge >= 0.3 is 6.09 Å². The van der Waals surface area contributed by atoms with Crippen LogP contribution in [0, 0.1) is 29.1 Å². The van der Waals surface area contributed by atoms with Gasteiger partial charge in [-0.05, 0) is 39.8 Å². The van der Waals surface area contributed by atoms with E-state index in [1.807, 2.05) is 48.5 Å². The molecule has 1 aromatic heterocycles. The van der Waals surface area contributed by atoms with Crippen molar-refractivity contribution in [2.45, 2.75) is 25.4 Å². The molecule has 5 aromatic rings. The Kier molecular flexibility index (Phi) is 10.4. The molecule has 250 valence electrons. The van der Waals surface area contributed by atoms with Crippen LogP contribution in [-0.4, -0.2) is 54.8 Å². The summed E-state index contributed by atoms with van der Waals surface area (Å²) in [5.74, 6) is -11.4. The number of aryl methyl sites for hydroxylation is 1. The first-order valence-electron chi connectivity index (χ1n) is 14.9. The molecule has 0 atom stereocenters. The average Bonchev–Trinajstić information content (AvgIpc) is 3.62. The van der Waals surface area contributed by atoms with Crippen LogP contribution in [0.15, 0.2) is 78.9 Å². The van der Waals surface area contributed by atoms with Crippen molar-refractivity contribution in [1.82, 2.24) is 14.6 Å². The lowest BCUT2D eigenvalue weighted by Gasteiger charge is -2.28. The van der Waals surface area contributed by atoms with Crippen LogP contribution in [0.4, 0.5) is 26.7 Å². The minimum Gasteiger partial charge on any atom is -0.491 e. The molecule has 48 heavy (non-hydrogen) atoms. The Morgan fingerprint density at radius 2 is 1.35 bits per heavy atom. The maximum absolute atomic E-state index is 13.0. The van der Waals surface area contributed by atoms with Gasteiger partial charge in [0.15, 0.2) is 5.75 Å². The number of hydrogen-bond acceptors (Lipinski definition) is 5. The second-order valence-electron chi connectivity index (χ2n) is 11.0. The molecule has 6 rings (SSSR count). The predicted octanol–water partition coefficient (Wildman–Crippen LogP) is 7.85. The normalized spacial score (nSPS) is 11.9. The minimum absolute atomic E-state index is 0.0240. The molecule has 0 unspecified atom stereocenters. The zero-order valence-corrected chi connectivity index (χ0v) is 26.4. The maximum atomic E-state index is 13.0. The smallest absolute Gasteiger partial charge is 0.424 e. The van der Waals surface area contributed by atoms with E-state index in [1.165, 1.54) is 27.3 Å². The third kappa shape index (κ3) is 6.61. The number of hydrazine groups is 1. The van der Waals surface area contributed by atoms with Crippen LogP contribution < -0.4 is 4.74 Å². The van der Waals surface area contributed by atoms with Crippen molar-refractivity contribution >= 4 is 23.3 Å². The number of carbonyl (C=O) groups excluding carboxylic acids is 2. The number of aromatic nitrogens is 1. The van der Waals surface area contributed by atoms with Gasteiger partial charge in [-0.3, -0.25) is 0 Å². The number of methoxy groups -OCH3 is 1. The highest BCUT2D eigenvalue weighted by molar-refractivity contribution is 5.81. The van der Waals surface area contributed by atoms with Gasteiger partial charge in [-0.15, -0.1) is 0 Å². The number of para-hydroxylation sites is 1. The Balaban J connectivity index is 0.000000292. The molecule has 4 aromatic carbocycles. The molecule has 0 fully saturated rings. The van der Waals surface area contributed by atoms with Crippen molar-refractivity contribution < 1.29 is 41.0 Å². The zero-order valence-electron chi connectivity index (χ0n) is 26.4.